The van der Waals surface area contributed by atoms with Gasteiger partial charge in [0.15, 0.2) is 0 Å². The van der Waals surface area contributed by atoms with Crippen LogP contribution in [0.1, 0.15) is 32.3 Å². The van der Waals surface area contributed by atoms with Crippen molar-refractivity contribution in [3.8, 4) is 5.75 Å². The minimum atomic E-state index is -0.710. The van der Waals surface area contributed by atoms with Crippen LogP contribution in [0.15, 0.2) is 24.3 Å². The number of aryl methyl sites for hydroxylation is 1. The van der Waals surface area contributed by atoms with Gasteiger partial charge >= 0.3 is 0 Å². The first-order valence-electron chi connectivity index (χ1n) is 7.04. The SMILES string of the molecule is Cc1ccc(OCCCCNC(=O)C(C)(C)CO)cc1. The summed E-state index contributed by atoms with van der Waals surface area (Å²) < 4.78 is 5.60. The van der Waals surface area contributed by atoms with Gasteiger partial charge in [-0.15, -0.1) is 0 Å². The normalized spacial score (nSPS) is 11.2. The smallest absolute Gasteiger partial charge is 0.227 e. The molecular weight excluding hydrogens is 254 g/mol. The first-order chi connectivity index (χ1) is 9.45. The van der Waals surface area contributed by atoms with Crippen LogP contribution < -0.4 is 10.1 Å². The number of unbranched alkanes of at least 4 members (excludes halogenated alkanes) is 1. The largest absolute Gasteiger partial charge is 0.494 e. The summed E-state index contributed by atoms with van der Waals surface area (Å²) in [7, 11) is 0. The van der Waals surface area contributed by atoms with Crippen LogP contribution in [0.5, 0.6) is 5.75 Å². The summed E-state index contributed by atoms with van der Waals surface area (Å²) in [6.07, 6.45) is 1.74. The molecule has 0 aromatic heterocycles. The third-order valence-corrected chi connectivity index (χ3v) is 3.16. The third kappa shape index (κ3) is 5.61. The van der Waals surface area contributed by atoms with E-state index in [-0.39, 0.29) is 12.5 Å². The molecule has 0 saturated carbocycles. The summed E-state index contributed by atoms with van der Waals surface area (Å²) in [6, 6.07) is 7.96. The Kier molecular flexibility index (Phi) is 6.52. The number of carbonyl (C=O) groups is 1. The molecule has 0 aliphatic heterocycles. The van der Waals surface area contributed by atoms with E-state index in [4.69, 9.17) is 9.84 Å². The number of carbonyl (C=O) groups excluding carboxylic acids is 1. The zero-order valence-corrected chi connectivity index (χ0v) is 12.6. The summed E-state index contributed by atoms with van der Waals surface area (Å²) in [4.78, 5) is 11.7. The Hall–Kier alpha value is -1.55. The molecule has 0 unspecified atom stereocenters. The summed E-state index contributed by atoms with van der Waals surface area (Å²) in [6.45, 7) is 6.60. The van der Waals surface area contributed by atoms with Crippen molar-refractivity contribution in [3.05, 3.63) is 29.8 Å². The Morgan fingerprint density at radius 1 is 1.25 bits per heavy atom. The van der Waals surface area contributed by atoms with Crippen molar-refractivity contribution in [2.75, 3.05) is 19.8 Å². The number of hydrogen-bond acceptors (Lipinski definition) is 3. The first-order valence-corrected chi connectivity index (χ1v) is 7.04. The number of hydrogen-bond donors (Lipinski definition) is 2. The van der Waals surface area contributed by atoms with E-state index < -0.39 is 5.41 Å². The van der Waals surface area contributed by atoms with Crippen molar-refractivity contribution in [3.63, 3.8) is 0 Å². The average molecular weight is 279 g/mol. The maximum absolute atomic E-state index is 11.7. The highest BCUT2D eigenvalue weighted by Gasteiger charge is 2.25. The summed E-state index contributed by atoms with van der Waals surface area (Å²) in [5.74, 6) is 0.764. The van der Waals surface area contributed by atoms with Gasteiger partial charge in [-0.2, -0.15) is 0 Å². The molecule has 0 bridgehead atoms. The van der Waals surface area contributed by atoms with E-state index in [2.05, 4.69) is 5.32 Å². The van der Waals surface area contributed by atoms with Crippen LogP contribution in [0.25, 0.3) is 0 Å². The quantitative estimate of drug-likeness (QED) is 0.718. The predicted octanol–water partition coefficient (Wildman–Crippen LogP) is 2.29. The molecular formula is C16H25NO3. The number of aliphatic hydroxyl groups is 1. The molecule has 112 valence electrons. The van der Waals surface area contributed by atoms with E-state index in [0.29, 0.717) is 13.2 Å². The van der Waals surface area contributed by atoms with Crippen molar-refractivity contribution in [2.24, 2.45) is 5.41 Å². The number of amides is 1. The van der Waals surface area contributed by atoms with Crippen LogP contribution in [-0.4, -0.2) is 30.8 Å². The monoisotopic (exact) mass is 279 g/mol. The second kappa shape index (κ2) is 7.90. The number of ether oxygens (including phenoxy) is 1. The molecule has 1 rings (SSSR count). The molecule has 20 heavy (non-hydrogen) atoms. The van der Waals surface area contributed by atoms with Gasteiger partial charge in [0, 0.05) is 6.54 Å². The number of nitrogens with one attached hydrogen (secondary N) is 1. The number of rotatable bonds is 8. The van der Waals surface area contributed by atoms with Crippen LogP contribution in [0.2, 0.25) is 0 Å². The molecule has 0 aliphatic carbocycles. The summed E-state index contributed by atoms with van der Waals surface area (Å²) in [5, 5.41) is 11.9. The number of benzene rings is 1. The van der Waals surface area contributed by atoms with Crippen LogP contribution in [0.3, 0.4) is 0 Å². The van der Waals surface area contributed by atoms with E-state index in [0.717, 1.165) is 18.6 Å². The maximum atomic E-state index is 11.7. The molecule has 4 heteroatoms. The zero-order chi connectivity index (χ0) is 15.0. The van der Waals surface area contributed by atoms with Gasteiger partial charge in [0.1, 0.15) is 5.75 Å². The van der Waals surface area contributed by atoms with Crippen molar-refractivity contribution in [1.29, 1.82) is 0 Å². The zero-order valence-electron chi connectivity index (χ0n) is 12.6. The standard InChI is InChI=1S/C16H25NO3/c1-13-6-8-14(9-7-13)20-11-5-4-10-17-15(19)16(2,3)12-18/h6-9,18H,4-5,10-12H2,1-3H3,(H,17,19). The van der Waals surface area contributed by atoms with E-state index in [9.17, 15) is 4.79 Å². The van der Waals surface area contributed by atoms with Gasteiger partial charge < -0.3 is 15.2 Å². The highest BCUT2D eigenvalue weighted by atomic mass is 16.5. The van der Waals surface area contributed by atoms with Gasteiger partial charge in [-0.3, -0.25) is 4.79 Å². The van der Waals surface area contributed by atoms with E-state index in [1.165, 1.54) is 5.56 Å². The fraction of sp³-hybridized carbons (Fsp3) is 0.562. The summed E-state index contributed by atoms with van der Waals surface area (Å²) >= 11 is 0. The number of aliphatic hydroxyl groups excluding tert-OH is 1. The van der Waals surface area contributed by atoms with E-state index in [1.807, 2.05) is 31.2 Å². The Morgan fingerprint density at radius 3 is 2.50 bits per heavy atom. The molecule has 0 atom stereocenters. The first kappa shape index (κ1) is 16.5. The molecule has 4 nitrogen and oxygen atoms in total. The predicted molar refractivity (Wildman–Crippen MR) is 79.8 cm³/mol. The van der Waals surface area contributed by atoms with Gasteiger partial charge in [0.05, 0.1) is 18.6 Å². The highest BCUT2D eigenvalue weighted by molar-refractivity contribution is 5.81. The van der Waals surface area contributed by atoms with Crippen LogP contribution in [-0.2, 0) is 4.79 Å². The van der Waals surface area contributed by atoms with Gasteiger partial charge in [0.2, 0.25) is 5.91 Å². The Morgan fingerprint density at radius 2 is 1.90 bits per heavy atom. The lowest BCUT2D eigenvalue weighted by Crippen LogP contribution is -2.39. The lowest BCUT2D eigenvalue weighted by Gasteiger charge is -2.20. The Labute approximate surface area is 121 Å². The van der Waals surface area contributed by atoms with Gasteiger partial charge in [0.25, 0.3) is 0 Å². The lowest BCUT2D eigenvalue weighted by molar-refractivity contribution is -0.131. The van der Waals surface area contributed by atoms with Crippen molar-refractivity contribution in [2.45, 2.75) is 33.6 Å². The minimum Gasteiger partial charge on any atom is -0.494 e. The van der Waals surface area contributed by atoms with E-state index in [1.54, 1.807) is 13.8 Å². The molecule has 1 aromatic carbocycles. The molecule has 1 amide bonds. The molecule has 0 fully saturated rings. The fourth-order valence-electron chi connectivity index (χ4n) is 1.56. The average Bonchev–Trinajstić information content (AvgIpc) is 2.44. The summed E-state index contributed by atoms with van der Waals surface area (Å²) in [5.41, 5.74) is 0.504. The minimum absolute atomic E-state index is 0.112. The van der Waals surface area contributed by atoms with Gasteiger partial charge in [-0.05, 0) is 45.7 Å². The highest BCUT2D eigenvalue weighted by Crippen LogP contribution is 2.13. The molecule has 1 aromatic rings. The van der Waals surface area contributed by atoms with Gasteiger partial charge in [-0.25, -0.2) is 0 Å². The van der Waals surface area contributed by atoms with Gasteiger partial charge in [-0.1, -0.05) is 17.7 Å². The lowest BCUT2D eigenvalue weighted by atomic mass is 9.94. The topological polar surface area (TPSA) is 58.6 Å². The second-order valence-corrected chi connectivity index (χ2v) is 5.67. The van der Waals surface area contributed by atoms with Crippen molar-refractivity contribution in [1.82, 2.24) is 5.32 Å². The second-order valence-electron chi connectivity index (χ2n) is 5.67. The maximum Gasteiger partial charge on any atom is 0.227 e. The third-order valence-electron chi connectivity index (χ3n) is 3.16. The van der Waals surface area contributed by atoms with Crippen LogP contribution in [0, 0.1) is 12.3 Å². The Bertz CT molecular complexity index is 412. The molecule has 0 spiro atoms. The van der Waals surface area contributed by atoms with Crippen LogP contribution >= 0.6 is 0 Å². The van der Waals surface area contributed by atoms with E-state index >= 15 is 0 Å². The molecule has 0 saturated heterocycles. The molecule has 0 heterocycles. The molecule has 2 N–H and O–H groups in total. The van der Waals surface area contributed by atoms with Crippen molar-refractivity contribution < 1.29 is 14.6 Å². The molecule has 0 aliphatic rings. The van der Waals surface area contributed by atoms with Crippen molar-refractivity contribution >= 4 is 5.91 Å². The van der Waals surface area contributed by atoms with Crippen LogP contribution in [0.4, 0.5) is 0 Å². The fourth-order valence-corrected chi connectivity index (χ4v) is 1.56. The molecule has 0 radical (unpaired) electrons. The Balaban J connectivity index is 2.11.